The van der Waals surface area contributed by atoms with E-state index in [1.54, 1.807) is 6.92 Å². The van der Waals surface area contributed by atoms with Crippen molar-refractivity contribution in [3.05, 3.63) is 35.4 Å². The number of halogens is 2. The summed E-state index contributed by atoms with van der Waals surface area (Å²) < 4.78 is 31.7. The molecule has 160 valence electrons. The summed E-state index contributed by atoms with van der Waals surface area (Å²) in [5.74, 6) is -3.97. The summed E-state index contributed by atoms with van der Waals surface area (Å²) in [5.41, 5.74) is 4.64. The van der Waals surface area contributed by atoms with Crippen molar-refractivity contribution in [3.63, 3.8) is 0 Å². The van der Waals surface area contributed by atoms with Crippen LogP contribution in [0.1, 0.15) is 51.5 Å². The number of nitrogens with one attached hydrogen (secondary N) is 1. The predicted octanol–water partition coefficient (Wildman–Crippen LogP) is 2.42. The normalized spacial score (nSPS) is 17.8. The largest absolute Gasteiger partial charge is 0.464 e. The smallest absolute Gasteiger partial charge is 0.334 e. The van der Waals surface area contributed by atoms with Gasteiger partial charge >= 0.3 is 5.97 Å². The first-order chi connectivity index (χ1) is 13.7. The number of benzene rings is 1. The summed E-state index contributed by atoms with van der Waals surface area (Å²) in [6.07, 6.45) is 3.69. The van der Waals surface area contributed by atoms with Crippen molar-refractivity contribution in [3.8, 4) is 0 Å². The number of hydrogen-bond donors (Lipinski definition) is 2. The van der Waals surface area contributed by atoms with E-state index >= 15 is 0 Å². The van der Waals surface area contributed by atoms with Gasteiger partial charge < -0.3 is 15.8 Å². The molecule has 1 unspecified atom stereocenters. The lowest BCUT2D eigenvalue weighted by molar-refractivity contribution is -0.158. The lowest BCUT2D eigenvalue weighted by atomic mass is 9.71. The van der Waals surface area contributed by atoms with Gasteiger partial charge in [0.1, 0.15) is 11.6 Å². The lowest BCUT2D eigenvalue weighted by Gasteiger charge is -2.37. The van der Waals surface area contributed by atoms with Gasteiger partial charge in [0.05, 0.1) is 19.1 Å². The molecule has 1 aromatic rings. The third-order valence-corrected chi connectivity index (χ3v) is 5.33. The second-order valence-corrected chi connectivity index (χ2v) is 7.53. The van der Waals surface area contributed by atoms with Crippen LogP contribution in [0.4, 0.5) is 8.78 Å². The third-order valence-electron chi connectivity index (χ3n) is 5.33. The van der Waals surface area contributed by atoms with E-state index in [-0.39, 0.29) is 24.5 Å². The molecule has 1 aliphatic rings. The van der Waals surface area contributed by atoms with Crippen molar-refractivity contribution in [2.45, 2.75) is 64.0 Å². The highest BCUT2D eigenvalue weighted by Crippen LogP contribution is 2.33. The molecule has 1 saturated carbocycles. The summed E-state index contributed by atoms with van der Waals surface area (Å²) in [5, 5.41) is 2.49. The molecule has 8 heteroatoms. The zero-order valence-electron chi connectivity index (χ0n) is 16.8. The van der Waals surface area contributed by atoms with Gasteiger partial charge in [0.15, 0.2) is 11.3 Å². The van der Waals surface area contributed by atoms with Gasteiger partial charge in [0, 0.05) is 6.07 Å². The Kier molecular flexibility index (Phi) is 7.84. The maximum absolute atomic E-state index is 13.3. The number of ketones is 1. The highest BCUT2D eigenvalue weighted by Gasteiger charge is 2.51. The highest BCUT2D eigenvalue weighted by atomic mass is 19.1. The van der Waals surface area contributed by atoms with E-state index in [4.69, 9.17) is 10.5 Å². The molecule has 0 aromatic heterocycles. The van der Waals surface area contributed by atoms with E-state index in [0.717, 1.165) is 31.4 Å². The molecule has 0 spiro atoms. The van der Waals surface area contributed by atoms with Crippen molar-refractivity contribution < 1.29 is 27.9 Å². The Hall–Kier alpha value is -2.35. The standard InChI is InChI=1S/C21H28F2N2O4/c1-3-29-20(28)21(24,15-7-5-4-6-8-15)19(27)13(2)25-18(26)11-14-9-16(22)12-17(23)10-14/h9-10,12-13,15H,3-8,11,24H2,1-2H3,(H,25,26)/t13-,21?/m0/s1. The van der Waals surface area contributed by atoms with Gasteiger partial charge in [-0.3, -0.25) is 9.59 Å². The summed E-state index contributed by atoms with van der Waals surface area (Å²) in [4.78, 5) is 38.0. The second kappa shape index (κ2) is 9.91. The monoisotopic (exact) mass is 410 g/mol. The van der Waals surface area contributed by atoms with Crippen LogP contribution < -0.4 is 11.1 Å². The molecule has 1 amide bonds. The van der Waals surface area contributed by atoms with Crippen molar-refractivity contribution in [2.75, 3.05) is 6.61 Å². The minimum absolute atomic E-state index is 0.0870. The molecule has 0 radical (unpaired) electrons. The molecule has 0 heterocycles. The maximum atomic E-state index is 13.3. The molecular formula is C21H28F2N2O4. The number of hydrogen-bond acceptors (Lipinski definition) is 5. The van der Waals surface area contributed by atoms with Gasteiger partial charge in [0.25, 0.3) is 0 Å². The van der Waals surface area contributed by atoms with Gasteiger partial charge in [-0.1, -0.05) is 19.3 Å². The molecule has 29 heavy (non-hydrogen) atoms. The van der Waals surface area contributed by atoms with Crippen LogP contribution in [0.15, 0.2) is 18.2 Å². The van der Waals surface area contributed by atoms with Crippen LogP contribution in [0.2, 0.25) is 0 Å². The molecule has 2 atom stereocenters. The SMILES string of the molecule is CCOC(=O)C(N)(C(=O)[C@H](C)NC(=O)Cc1cc(F)cc(F)c1)C1CCCCC1. The Balaban J connectivity index is 2.12. The molecular weight excluding hydrogens is 382 g/mol. The topological polar surface area (TPSA) is 98.5 Å². The Morgan fingerprint density at radius 2 is 1.76 bits per heavy atom. The van der Waals surface area contributed by atoms with Crippen LogP contribution in [0.25, 0.3) is 0 Å². The third kappa shape index (κ3) is 5.59. The van der Waals surface area contributed by atoms with E-state index < -0.39 is 40.9 Å². The number of carbonyl (C=O) groups is 3. The van der Waals surface area contributed by atoms with Crippen molar-refractivity contribution in [1.82, 2.24) is 5.32 Å². The Morgan fingerprint density at radius 1 is 1.17 bits per heavy atom. The van der Waals surface area contributed by atoms with E-state index in [9.17, 15) is 23.2 Å². The zero-order valence-corrected chi connectivity index (χ0v) is 16.8. The van der Waals surface area contributed by atoms with Crippen LogP contribution in [-0.4, -0.2) is 35.8 Å². The van der Waals surface area contributed by atoms with Crippen LogP contribution >= 0.6 is 0 Å². The Morgan fingerprint density at radius 3 is 2.31 bits per heavy atom. The summed E-state index contributed by atoms with van der Waals surface area (Å²) in [7, 11) is 0. The molecule has 1 fully saturated rings. The molecule has 1 aromatic carbocycles. The average Bonchev–Trinajstić information content (AvgIpc) is 2.66. The first kappa shape index (κ1) is 22.9. The molecule has 3 N–H and O–H groups in total. The number of esters is 1. The minimum atomic E-state index is -1.84. The predicted molar refractivity (Wildman–Crippen MR) is 103 cm³/mol. The molecule has 1 aliphatic carbocycles. The summed E-state index contributed by atoms with van der Waals surface area (Å²) in [6, 6.07) is 1.74. The van der Waals surface area contributed by atoms with Gasteiger partial charge in [-0.05, 0) is 50.3 Å². The molecule has 0 saturated heterocycles. The lowest BCUT2D eigenvalue weighted by Crippen LogP contribution is -2.65. The Bertz CT molecular complexity index is 745. The number of rotatable bonds is 8. The zero-order chi connectivity index (χ0) is 21.6. The van der Waals surface area contributed by atoms with E-state index in [0.29, 0.717) is 18.9 Å². The van der Waals surface area contributed by atoms with Gasteiger partial charge in [-0.25, -0.2) is 13.6 Å². The van der Waals surface area contributed by atoms with E-state index in [2.05, 4.69) is 5.32 Å². The molecule has 0 aliphatic heterocycles. The fraction of sp³-hybridized carbons (Fsp3) is 0.571. The number of amides is 1. The number of carbonyl (C=O) groups excluding carboxylic acids is 3. The van der Waals surface area contributed by atoms with Gasteiger partial charge in [-0.15, -0.1) is 0 Å². The summed E-state index contributed by atoms with van der Waals surface area (Å²) in [6.45, 7) is 3.16. The maximum Gasteiger partial charge on any atom is 0.334 e. The number of nitrogens with two attached hydrogens (primary N) is 1. The summed E-state index contributed by atoms with van der Waals surface area (Å²) >= 11 is 0. The first-order valence-electron chi connectivity index (χ1n) is 9.93. The highest BCUT2D eigenvalue weighted by molar-refractivity contribution is 6.11. The fourth-order valence-electron chi connectivity index (χ4n) is 3.89. The van der Waals surface area contributed by atoms with Crippen molar-refractivity contribution in [1.29, 1.82) is 0 Å². The van der Waals surface area contributed by atoms with Crippen LogP contribution in [-0.2, 0) is 25.5 Å². The van der Waals surface area contributed by atoms with Crippen LogP contribution in [0.5, 0.6) is 0 Å². The second-order valence-electron chi connectivity index (χ2n) is 7.53. The molecule has 6 nitrogen and oxygen atoms in total. The minimum Gasteiger partial charge on any atom is -0.464 e. The number of Topliss-reactive ketones (excluding diaryl/α,β-unsaturated/α-hetero) is 1. The Labute approximate surface area is 169 Å². The van der Waals surface area contributed by atoms with Gasteiger partial charge in [-0.2, -0.15) is 0 Å². The number of ether oxygens (including phenoxy) is 1. The fourth-order valence-corrected chi connectivity index (χ4v) is 3.89. The van der Waals surface area contributed by atoms with Gasteiger partial charge in [0.2, 0.25) is 5.91 Å². The quantitative estimate of drug-likeness (QED) is 0.507. The molecule has 2 rings (SSSR count). The van der Waals surface area contributed by atoms with Crippen molar-refractivity contribution >= 4 is 17.7 Å². The average molecular weight is 410 g/mol. The first-order valence-corrected chi connectivity index (χ1v) is 9.93. The molecule has 0 bridgehead atoms. The van der Waals surface area contributed by atoms with E-state index in [1.165, 1.54) is 6.92 Å². The van der Waals surface area contributed by atoms with Crippen molar-refractivity contribution in [2.24, 2.45) is 11.7 Å². The van der Waals surface area contributed by atoms with E-state index in [1.807, 2.05) is 0 Å². The van der Waals surface area contributed by atoms with Crippen LogP contribution in [0.3, 0.4) is 0 Å². The van der Waals surface area contributed by atoms with Crippen LogP contribution in [0, 0.1) is 17.6 Å².